The summed E-state index contributed by atoms with van der Waals surface area (Å²) >= 11 is 0. The first-order valence-corrected chi connectivity index (χ1v) is 24.6. The van der Waals surface area contributed by atoms with Crippen LogP contribution >= 0.6 is 0 Å². The molecule has 0 radical (unpaired) electrons. The fraction of sp³-hybridized carbons (Fsp3) is 0.911. The molecule has 10 heteroatoms. The van der Waals surface area contributed by atoms with Gasteiger partial charge in [0, 0.05) is 32.8 Å². The second-order valence-corrected chi connectivity index (χ2v) is 17.1. The topological polar surface area (TPSA) is 132 Å². The number of hydrogen-bond donors (Lipinski definition) is 3. The van der Waals surface area contributed by atoms with E-state index in [0.717, 1.165) is 44.9 Å². The van der Waals surface area contributed by atoms with Crippen LogP contribution in [0.1, 0.15) is 194 Å². The van der Waals surface area contributed by atoms with Crippen molar-refractivity contribution in [2.45, 2.75) is 205 Å². The number of primary sulfonamides is 1. The van der Waals surface area contributed by atoms with E-state index >= 15 is 0 Å². The van der Waals surface area contributed by atoms with Crippen molar-refractivity contribution in [2.24, 2.45) is 5.14 Å². The molecular weight excluding hydrogens is 713 g/mol. The zero-order chi connectivity index (χ0) is 40.3. The van der Waals surface area contributed by atoms with Crippen molar-refractivity contribution in [3.8, 4) is 0 Å². The van der Waals surface area contributed by atoms with E-state index in [4.69, 9.17) is 19.3 Å². The molecule has 0 aliphatic heterocycles. The van der Waals surface area contributed by atoms with E-state index in [0.29, 0.717) is 26.2 Å². The lowest BCUT2D eigenvalue weighted by molar-refractivity contribution is -0.0803. The van der Waals surface area contributed by atoms with E-state index in [-0.39, 0.29) is 33.0 Å². The molecule has 55 heavy (non-hydrogen) atoms. The first kappa shape index (κ1) is 54.2. The van der Waals surface area contributed by atoms with Gasteiger partial charge in [0.25, 0.3) is 0 Å². The van der Waals surface area contributed by atoms with Crippen molar-refractivity contribution in [1.82, 2.24) is 4.90 Å². The third-order valence-corrected chi connectivity index (χ3v) is 11.3. The highest BCUT2D eigenvalue weighted by atomic mass is 32.2. The molecule has 0 fully saturated rings. The Kier molecular flexibility index (Phi) is 42.1. The number of aliphatic hydroxyl groups is 2. The Bertz CT molecular complexity index is 928. The number of sulfonamides is 1. The van der Waals surface area contributed by atoms with Crippen molar-refractivity contribution < 1.29 is 32.8 Å². The Balaban J connectivity index is 4.45. The summed E-state index contributed by atoms with van der Waals surface area (Å²) < 4.78 is 43.3. The van der Waals surface area contributed by atoms with Gasteiger partial charge in [0.2, 0.25) is 15.5 Å². The summed E-state index contributed by atoms with van der Waals surface area (Å²) in [6, 6.07) is 0. The minimum atomic E-state index is -4.06. The van der Waals surface area contributed by atoms with Crippen molar-refractivity contribution in [1.29, 1.82) is 0 Å². The van der Waals surface area contributed by atoms with E-state index in [9.17, 15) is 18.6 Å². The lowest BCUT2D eigenvalue weighted by Gasteiger charge is -2.27. The minimum Gasteiger partial charge on any atom is -0.395 e. The summed E-state index contributed by atoms with van der Waals surface area (Å²) in [5, 5.41) is 24.4. The predicted octanol–water partition coefficient (Wildman–Crippen LogP) is 10.4. The minimum absolute atomic E-state index is 0.0395. The highest BCUT2D eigenvalue weighted by Crippen LogP contribution is 2.15. The third-order valence-electron chi connectivity index (χ3n) is 10.2. The maximum Gasteiger partial charge on any atom is 0.239 e. The van der Waals surface area contributed by atoms with E-state index in [2.05, 4.69) is 38.2 Å². The zero-order valence-electron chi connectivity index (χ0n) is 36.0. The smallest absolute Gasteiger partial charge is 0.239 e. The molecule has 0 aliphatic rings. The standard InChI is InChI=1S/C45H90N2O7S/c1-3-5-7-9-11-13-15-17-19-21-23-25-27-29-31-33-40-52-43-44(53-42-37-47(35-38-48)36-39-49)45(55(46,50)51)54-41-34-32-30-28-26-24-22-20-18-16-14-12-10-8-6-4-2/h17-20,44-45,48-49H,3-16,21-43H2,1-2H3,(H2,46,50,51). The number of aliphatic hydroxyl groups excluding tert-OH is 2. The molecule has 0 heterocycles. The van der Waals surface area contributed by atoms with Crippen LogP contribution in [-0.4, -0.2) is 94.3 Å². The molecular formula is C45H90N2O7S. The van der Waals surface area contributed by atoms with Crippen LogP contribution in [-0.2, 0) is 24.2 Å². The van der Waals surface area contributed by atoms with Crippen LogP contribution in [0.25, 0.3) is 0 Å². The molecule has 0 amide bonds. The number of ether oxygens (including phenoxy) is 3. The van der Waals surface area contributed by atoms with Gasteiger partial charge < -0.3 is 24.4 Å². The van der Waals surface area contributed by atoms with Crippen molar-refractivity contribution in [3.63, 3.8) is 0 Å². The van der Waals surface area contributed by atoms with Crippen LogP contribution < -0.4 is 5.14 Å². The van der Waals surface area contributed by atoms with Crippen LogP contribution in [0.2, 0.25) is 0 Å². The Morgan fingerprint density at radius 3 is 1.29 bits per heavy atom. The van der Waals surface area contributed by atoms with Crippen molar-refractivity contribution in [3.05, 3.63) is 24.3 Å². The fourth-order valence-electron chi connectivity index (χ4n) is 6.77. The maximum atomic E-state index is 12.7. The third kappa shape index (κ3) is 38.4. The number of rotatable bonds is 45. The lowest BCUT2D eigenvalue weighted by Crippen LogP contribution is -2.46. The van der Waals surface area contributed by atoms with Crippen LogP contribution in [0.5, 0.6) is 0 Å². The van der Waals surface area contributed by atoms with E-state index < -0.39 is 21.6 Å². The summed E-state index contributed by atoms with van der Waals surface area (Å²) in [5.74, 6) is 0. The molecule has 0 aromatic carbocycles. The molecule has 0 aromatic heterocycles. The molecule has 4 N–H and O–H groups in total. The van der Waals surface area contributed by atoms with Gasteiger partial charge in [-0.15, -0.1) is 0 Å². The van der Waals surface area contributed by atoms with Gasteiger partial charge in [-0.05, 0) is 64.2 Å². The average molecular weight is 803 g/mol. The number of unbranched alkanes of at least 4 members (excludes halogenated alkanes) is 24. The highest BCUT2D eigenvalue weighted by Gasteiger charge is 2.33. The normalized spacial score (nSPS) is 13.6. The van der Waals surface area contributed by atoms with Crippen LogP contribution in [0, 0.1) is 0 Å². The van der Waals surface area contributed by atoms with Gasteiger partial charge in [-0.2, -0.15) is 0 Å². The number of allylic oxidation sites excluding steroid dienone is 4. The van der Waals surface area contributed by atoms with Gasteiger partial charge in [0.1, 0.15) is 6.10 Å². The van der Waals surface area contributed by atoms with E-state index in [1.807, 2.05) is 4.90 Å². The second kappa shape index (κ2) is 42.7. The monoisotopic (exact) mass is 803 g/mol. The Morgan fingerprint density at radius 1 is 0.509 bits per heavy atom. The average Bonchev–Trinajstić information content (AvgIpc) is 3.16. The zero-order valence-corrected chi connectivity index (χ0v) is 36.8. The van der Waals surface area contributed by atoms with Gasteiger partial charge in [-0.25, -0.2) is 13.6 Å². The molecule has 0 aromatic rings. The Labute approximate surface area is 340 Å². The van der Waals surface area contributed by atoms with Crippen molar-refractivity contribution >= 4 is 10.0 Å². The Hall–Kier alpha value is -0.850. The molecule has 9 nitrogen and oxygen atoms in total. The molecule has 0 spiro atoms. The van der Waals surface area contributed by atoms with Gasteiger partial charge >= 0.3 is 0 Å². The van der Waals surface area contributed by atoms with E-state index in [1.54, 1.807) is 0 Å². The number of hydrogen-bond acceptors (Lipinski definition) is 8. The fourth-order valence-corrected chi connectivity index (χ4v) is 7.64. The molecule has 2 unspecified atom stereocenters. The predicted molar refractivity (Wildman–Crippen MR) is 233 cm³/mol. The summed E-state index contributed by atoms with van der Waals surface area (Å²) in [4.78, 5) is 1.87. The molecule has 328 valence electrons. The van der Waals surface area contributed by atoms with Gasteiger partial charge in [0.05, 0.1) is 26.4 Å². The van der Waals surface area contributed by atoms with Crippen LogP contribution in [0.3, 0.4) is 0 Å². The van der Waals surface area contributed by atoms with E-state index in [1.165, 1.54) is 135 Å². The second-order valence-electron chi connectivity index (χ2n) is 15.5. The summed E-state index contributed by atoms with van der Waals surface area (Å²) in [5.41, 5.74) is -1.32. The van der Waals surface area contributed by atoms with Crippen LogP contribution in [0.4, 0.5) is 0 Å². The summed E-state index contributed by atoms with van der Waals surface area (Å²) in [7, 11) is -4.06. The molecule has 0 saturated heterocycles. The van der Waals surface area contributed by atoms with Crippen LogP contribution in [0.15, 0.2) is 24.3 Å². The number of nitrogens with two attached hydrogens (primary N) is 1. The van der Waals surface area contributed by atoms with Gasteiger partial charge in [-0.1, -0.05) is 154 Å². The Morgan fingerprint density at radius 2 is 0.891 bits per heavy atom. The molecule has 0 aliphatic carbocycles. The molecule has 0 bridgehead atoms. The lowest BCUT2D eigenvalue weighted by atomic mass is 10.1. The quantitative estimate of drug-likeness (QED) is 0.0410. The summed E-state index contributed by atoms with van der Waals surface area (Å²) in [6.07, 6.45) is 42.7. The molecule has 0 rings (SSSR count). The molecule has 2 atom stereocenters. The maximum absolute atomic E-state index is 12.7. The first-order chi connectivity index (χ1) is 26.9. The number of nitrogens with zero attached hydrogens (tertiary/aromatic N) is 1. The molecule has 0 saturated carbocycles. The SMILES string of the molecule is CCCCCCCCC=CCCCCCCCCOCC(OCCN(CCO)CCO)C(OCCCCCCCCC=CCCCCCCCC)S(N)(=O)=O. The summed E-state index contributed by atoms with van der Waals surface area (Å²) in [6.45, 7) is 6.74. The van der Waals surface area contributed by atoms with Gasteiger partial charge in [-0.3, -0.25) is 4.90 Å². The van der Waals surface area contributed by atoms with Gasteiger partial charge in [0.15, 0.2) is 0 Å². The largest absolute Gasteiger partial charge is 0.395 e. The van der Waals surface area contributed by atoms with Crippen molar-refractivity contribution in [2.75, 3.05) is 59.3 Å². The first-order valence-electron chi connectivity index (χ1n) is 23.0. The highest BCUT2D eigenvalue weighted by molar-refractivity contribution is 7.89.